The number of benzene rings is 1. The molecule has 2 heteroatoms. The minimum atomic E-state index is 0.0229. The number of hydrogen-bond donors (Lipinski definition) is 1. The van der Waals surface area contributed by atoms with E-state index < -0.39 is 0 Å². The summed E-state index contributed by atoms with van der Waals surface area (Å²) in [6.07, 6.45) is 0.836. The minimum absolute atomic E-state index is 0.0229. The van der Waals surface area contributed by atoms with Crippen LogP contribution in [0.3, 0.4) is 0 Å². The fraction of sp³-hybridized carbons (Fsp3) is 0.375. The Kier molecular flexibility index (Phi) is 3.58. The molecule has 0 aliphatic heterocycles. The van der Waals surface area contributed by atoms with Gasteiger partial charge in [0.05, 0.1) is 0 Å². The van der Waals surface area contributed by atoms with Crippen LogP contribution in [0.4, 0.5) is 0 Å². The van der Waals surface area contributed by atoms with Crippen molar-refractivity contribution in [1.82, 2.24) is 0 Å². The van der Waals surface area contributed by atoms with Gasteiger partial charge in [-0.1, -0.05) is 38.1 Å². The SMILES string of the molecule is Cc1ccc(Cc2cccc(C(C)(C)CN)c2)o1. The lowest BCUT2D eigenvalue weighted by Crippen LogP contribution is -2.28. The van der Waals surface area contributed by atoms with E-state index in [0.29, 0.717) is 6.54 Å². The van der Waals surface area contributed by atoms with Gasteiger partial charge < -0.3 is 10.2 Å². The highest BCUT2D eigenvalue weighted by molar-refractivity contribution is 5.31. The Morgan fingerprint density at radius 1 is 1.17 bits per heavy atom. The molecule has 0 bridgehead atoms. The van der Waals surface area contributed by atoms with E-state index in [4.69, 9.17) is 10.2 Å². The predicted molar refractivity (Wildman–Crippen MR) is 74.8 cm³/mol. The van der Waals surface area contributed by atoms with Gasteiger partial charge in [-0.15, -0.1) is 0 Å². The van der Waals surface area contributed by atoms with Crippen LogP contribution in [0.1, 0.15) is 36.5 Å². The number of nitrogens with two attached hydrogens (primary N) is 1. The highest BCUT2D eigenvalue weighted by Crippen LogP contribution is 2.23. The molecule has 1 aromatic carbocycles. The molecular weight excluding hydrogens is 222 g/mol. The van der Waals surface area contributed by atoms with Crippen molar-refractivity contribution in [2.45, 2.75) is 32.6 Å². The Balaban J connectivity index is 2.22. The molecule has 1 aromatic heterocycles. The van der Waals surface area contributed by atoms with Gasteiger partial charge in [0.1, 0.15) is 11.5 Å². The van der Waals surface area contributed by atoms with E-state index >= 15 is 0 Å². The van der Waals surface area contributed by atoms with E-state index in [1.165, 1.54) is 11.1 Å². The van der Waals surface area contributed by atoms with Gasteiger partial charge in [-0.3, -0.25) is 0 Å². The number of aryl methyl sites for hydroxylation is 1. The summed E-state index contributed by atoms with van der Waals surface area (Å²) in [5.74, 6) is 1.97. The molecule has 0 saturated heterocycles. The van der Waals surface area contributed by atoms with Crippen molar-refractivity contribution in [3.8, 4) is 0 Å². The summed E-state index contributed by atoms with van der Waals surface area (Å²) >= 11 is 0. The van der Waals surface area contributed by atoms with E-state index in [1.807, 2.05) is 19.1 Å². The van der Waals surface area contributed by atoms with E-state index in [1.54, 1.807) is 0 Å². The highest BCUT2D eigenvalue weighted by Gasteiger charge is 2.18. The van der Waals surface area contributed by atoms with Crippen LogP contribution in [0.25, 0.3) is 0 Å². The van der Waals surface area contributed by atoms with E-state index in [-0.39, 0.29) is 5.41 Å². The van der Waals surface area contributed by atoms with Crippen LogP contribution in [0.2, 0.25) is 0 Å². The van der Waals surface area contributed by atoms with Gasteiger partial charge in [0.25, 0.3) is 0 Å². The standard InChI is InChI=1S/C16H21NO/c1-12-7-8-15(18-12)10-13-5-4-6-14(9-13)16(2,3)11-17/h4-9H,10-11,17H2,1-3H3. The van der Waals surface area contributed by atoms with Gasteiger partial charge in [0.15, 0.2) is 0 Å². The van der Waals surface area contributed by atoms with Crippen LogP contribution in [-0.2, 0) is 11.8 Å². The van der Waals surface area contributed by atoms with Crippen LogP contribution in [0, 0.1) is 6.92 Å². The zero-order valence-corrected chi connectivity index (χ0v) is 11.4. The van der Waals surface area contributed by atoms with Crippen LogP contribution >= 0.6 is 0 Å². The molecule has 18 heavy (non-hydrogen) atoms. The van der Waals surface area contributed by atoms with Crippen LogP contribution in [0.5, 0.6) is 0 Å². The average molecular weight is 243 g/mol. The first-order valence-corrected chi connectivity index (χ1v) is 6.36. The smallest absolute Gasteiger partial charge is 0.108 e. The third kappa shape index (κ3) is 2.82. The molecule has 1 heterocycles. The van der Waals surface area contributed by atoms with Crippen molar-refractivity contribution in [2.75, 3.05) is 6.54 Å². The Labute approximate surface area is 109 Å². The van der Waals surface area contributed by atoms with Crippen LogP contribution < -0.4 is 5.73 Å². The maximum Gasteiger partial charge on any atom is 0.108 e. The molecule has 0 saturated carbocycles. The third-order valence-corrected chi connectivity index (χ3v) is 3.39. The number of hydrogen-bond acceptors (Lipinski definition) is 2. The van der Waals surface area contributed by atoms with E-state index in [9.17, 15) is 0 Å². The van der Waals surface area contributed by atoms with Crippen molar-refractivity contribution in [3.63, 3.8) is 0 Å². The molecule has 2 aromatic rings. The average Bonchev–Trinajstić information content (AvgIpc) is 2.75. The lowest BCUT2D eigenvalue weighted by atomic mass is 9.84. The lowest BCUT2D eigenvalue weighted by molar-refractivity contribution is 0.492. The summed E-state index contributed by atoms with van der Waals surface area (Å²) in [6, 6.07) is 12.6. The second-order valence-corrected chi connectivity index (χ2v) is 5.48. The monoisotopic (exact) mass is 243 g/mol. The minimum Gasteiger partial charge on any atom is -0.466 e. The molecule has 0 radical (unpaired) electrons. The van der Waals surface area contributed by atoms with Crippen LogP contribution in [0.15, 0.2) is 40.8 Å². The summed E-state index contributed by atoms with van der Waals surface area (Å²) in [4.78, 5) is 0. The highest BCUT2D eigenvalue weighted by atomic mass is 16.3. The van der Waals surface area contributed by atoms with Crippen molar-refractivity contribution in [1.29, 1.82) is 0 Å². The van der Waals surface area contributed by atoms with Gasteiger partial charge >= 0.3 is 0 Å². The largest absolute Gasteiger partial charge is 0.466 e. The second-order valence-electron chi connectivity index (χ2n) is 5.48. The quantitative estimate of drug-likeness (QED) is 0.893. The molecule has 96 valence electrons. The summed E-state index contributed by atoms with van der Waals surface area (Å²) < 4.78 is 5.61. The third-order valence-electron chi connectivity index (χ3n) is 3.39. The summed E-state index contributed by atoms with van der Waals surface area (Å²) in [5.41, 5.74) is 8.40. The predicted octanol–water partition coefficient (Wildman–Crippen LogP) is 3.42. The van der Waals surface area contributed by atoms with Crippen molar-refractivity contribution in [3.05, 3.63) is 59.0 Å². The normalized spacial score (nSPS) is 11.8. The molecular formula is C16H21NO. The first kappa shape index (κ1) is 12.9. The Morgan fingerprint density at radius 2 is 1.94 bits per heavy atom. The fourth-order valence-electron chi connectivity index (χ4n) is 2.00. The van der Waals surface area contributed by atoms with Gasteiger partial charge in [-0.05, 0) is 30.2 Å². The Morgan fingerprint density at radius 3 is 2.56 bits per heavy atom. The molecule has 0 aliphatic carbocycles. The van der Waals surface area contributed by atoms with E-state index in [0.717, 1.165) is 17.9 Å². The molecule has 0 amide bonds. The van der Waals surface area contributed by atoms with E-state index in [2.05, 4.69) is 38.1 Å². The lowest BCUT2D eigenvalue weighted by Gasteiger charge is -2.23. The summed E-state index contributed by atoms with van der Waals surface area (Å²) in [6.45, 7) is 6.96. The number of furan rings is 1. The van der Waals surface area contributed by atoms with Gasteiger partial charge in [-0.2, -0.15) is 0 Å². The zero-order chi connectivity index (χ0) is 13.2. The number of rotatable bonds is 4. The second kappa shape index (κ2) is 4.99. The summed E-state index contributed by atoms with van der Waals surface area (Å²) in [5, 5.41) is 0. The van der Waals surface area contributed by atoms with Crippen molar-refractivity contribution < 1.29 is 4.42 Å². The van der Waals surface area contributed by atoms with Crippen LogP contribution in [-0.4, -0.2) is 6.54 Å². The fourth-order valence-corrected chi connectivity index (χ4v) is 2.00. The molecule has 0 atom stereocenters. The Bertz CT molecular complexity index is 525. The van der Waals surface area contributed by atoms with Gasteiger partial charge in [0.2, 0.25) is 0 Å². The molecule has 2 nitrogen and oxygen atoms in total. The van der Waals surface area contributed by atoms with Crippen molar-refractivity contribution >= 4 is 0 Å². The first-order valence-electron chi connectivity index (χ1n) is 6.36. The van der Waals surface area contributed by atoms with Gasteiger partial charge in [0, 0.05) is 18.4 Å². The zero-order valence-electron chi connectivity index (χ0n) is 11.4. The Hall–Kier alpha value is -1.54. The molecule has 0 fully saturated rings. The topological polar surface area (TPSA) is 39.2 Å². The van der Waals surface area contributed by atoms with Crippen molar-refractivity contribution in [2.24, 2.45) is 5.73 Å². The van der Waals surface area contributed by atoms with Gasteiger partial charge in [-0.25, -0.2) is 0 Å². The molecule has 0 aliphatic rings. The maximum atomic E-state index is 5.83. The molecule has 2 rings (SSSR count). The summed E-state index contributed by atoms with van der Waals surface area (Å²) in [7, 11) is 0. The molecule has 2 N–H and O–H groups in total. The molecule has 0 unspecified atom stereocenters. The molecule has 0 spiro atoms. The first-order chi connectivity index (χ1) is 8.51. The maximum absolute atomic E-state index is 5.83.